The fourth-order valence-electron chi connectivity index (χ4n) is 1.25. The Kier molecular flexibility index (Phi) is 8.65. The second kappa shape index (κ2) is 9.25. The zero-order valence-corrected chi connectivity index (χ0v) is 8.51. The third kappa shape index (κ3) is 9.07. The molecule has 0 atom stereocenters. The highest BCUT2D eigenvalue weighted by atomic mass is 16.1. The lowest BCUT2D eigenvalue weighted by molar-refractivity contribution is -0.119. The van der Waals surface area contributed by atoms with Crippen molar-refractivity contribution in [3.05, 3.63) is 0 Å². The van der Waals surface area contributed by atoms with Gasteiger partial charge in [0.15, 0.2) is 0 Å². The van der Waals surface area contributed by atoms with E-state index in [0.29, 0.717) is 19.3 Å². The molecule has 0 aromatic rings. The smallest absolute Gasteiger partial charge is 0.133 e. The molecule has 0 amide bonds. The van der Waals surface area contributed by atoms with Gasteiger partial charge in [0.2, 0.25) is 0 Å². The van der Waals surface area contributed by atoms with Gasteiger partial charge in [0.1, 0.15) is 5.78 Å². The number of hydrogen-bond acceptors (Lipinski definition) is 2. The van der Waals surface area contributed by atoms with E-state index in [0.717, 1.165) is 12.8 Å². The fraction of sp³-hybridized carbons (Fsp3) is 0.818. The van der Waals surface area contributed by atoms with Crippen molar-refractivity contribution < 1.29 is 4.79 Å². The minimum Gasteiger partial charge on any atom is -0.300 e. The molecule has 0 spiro atoms. The van der Waals surface area contributed by atoms with E-state index in [4.69, 9.17) is 5.26 Å². The Hall–Kier alpha value is -0.840. The molecular formula is C11H19NO. The van der Waals surface area contributed by atoms with Crippen molar-refractivity contribution >= 4 is 5.78 Å². The Morgan fingerprint density at radius 1 is 1.15 bits per heavy atom. The Morgan fingerprint density at radius 3 is 2.46 bits per heavy atom. The van der Waals surface area contributed by atoms with Crippen LogP contribution in [0.1, 0.15) is 58.3 Å². The topological polar surface area (TPSA) is 40.9 Å². The van der Waals surface area contributed by atoms with Crippen LogP contribution < -0.4 is 0 Å². The van der Waals surface area contributed by atoms with Crippen LogP contribution in [0.25, 0.3) is 0 Å². The van der Waals surface area contributed by atoms with Gasteiger partial charge < -0.3 is 0 Å². The zero-order chi connectivity index (χ0) is 9.94. The third-order valence-electron chi connectivity index (χ3n) is 2.07. The van der Waals surface area contributed by atoms with E-state index in [2.05, 4.69) is 6.92 Å². The van der Waals surface area contributed by atoms with E-state index in [1.54, 1.807) is 0 Å². The van der Waals surface area contributed by atoms with Crippen LogP contribution in [0, 0.1) is 11.3 Å². The minimum atomic E-state index is 0.248. The van der Waals surface area contributed by atoms with Gasteiger partial charge >= 0.3 is 0 Å². The molecule has 74 valence electrons. The molecule has 0 fully saturated rings. The molecule has 0 saturated heterocycles. The van der Waals surface area contributed by atoms with Crippen LogP contribution in [0.15, 0.2) is 0 Å². The van der Waals surface area contributed by atoms with Gasteiger partial charge in [0.05, 0.1) is 6.07 Å². The number of carbonyl (C=O) groups is 1. The number of unbranched alkanes of at least 4 members (excludes halogenated alkanes) is 4. The van der Waals surface area contributed by atoms with Gasteiger partial charge in [-0.2, -0.15) is 5.26 Å². The average Bonchev–Trinajstić information content (AvgIpc) is 2.14. The van der Waals surface area contributed by atoms with E-state index < -0.39 is 0 Å². The molecule has 2 nitrogen and oxygen atoms in total. The number of hydrogen-bond donors (Lipinski definition) is 0. The van der Waals surface area contributed by atoms with Gasteiger partial charge in [0.25, 0.3) is 0 Å². The molecule has 0 bridgehead atoms. The fourth-order valence-corrected chi connectivity index (χ4v) is 1.25. The highest BCUT2D eigenvalue weighted by molar-refractivity contribution is 5.78. The maximum Gasteiger partial charge on any atom is 0.133 e. The first-order valence-electron chi connectivity index (χ1n) is 5.20. The molecule has 0 N–H and O–H groups in total. The quantitative estimate of drug-likeness (QED) is 0.539. The zero-order valence-electron chi connectivity index (χ0n) is 8.51. The van der Waals surface area contributed by atoms with Crippen molar-refractivity contribution in [2.75, 3.05) is 0 Å². The van der Waals surface area contributed by atoms with Crippen LogP contribution in [0.4, 0.5) is 0 Å². The summed E-state index contributed by atoms with van der Waals surface area (Å²) in [6.45, 7) is 2.18. The van der Waals surface area contributed by atoms with Gasteiger partial charge in [-0.05, 0) is 6.42 Å². The standard InChI is InChI=1S/C11H19NO/c1-2-3-4-5-6-8-11(13)9-7-10-12/h2-9H2,1H3. The lowest BCUT2D eigenvalue weighted by atomic mass is 10.1. The number of nitriles is 1. The van der Waals surface area contributed by atoms with Gasteiger partial charge in [-0.15, -0.1) is 0 Å². The molecule has 0 aliphatic carbocycles. The lowest BCUT2D eigenvalue weighted by Gasteiger charge is -1.98. The number of ketones is 1. The maximum atomic E-state index is 11.1. The van der Waals surface area contributed by atoms with Crippen molar-refractivity contribution in [1.29, 1.82) is 5.26 Å². The Labute approximate surface area is 80.9 Å². The third-order valence-corrected chi connectivity index (χ3v) is 2.07. The normalized spacial score (nSPS) is 9.54. The molecule has 0 aromatic carbocycles. The van der Waals surface area contributed by atoms with Crippen molar-refractivity contribution in [2.45, 2.75) is 58.3 Å². The summed E-state index contributed by atoms with van der Waals surface area (Å²) in [7, 11) is 0. The first-order valence-corrected chi connectivity index (χ1v) is 5.20. The molecule has 0 radical (unpaired) electrons. The largest absolute Gasteiger partial charge is 0.300 e. The number of Topliss-reactive ketones (excluding diaryl/α,β-unsaturated/α-hetero) is 1. The molecule has 13 heavy (non-hydrogen) atoms. The van der Waals surface area contributed by atoms with E-state index in [1.165, 1.54) is 19.3 Å². The number of nitrogens with zero attached hydrogens (tertiary/aromatic N) is 1. The lowest BCUT2D eigenvalue weighted by Crippen LogP contribution is -1.96. The molecule has 0 saturated carbocycles. The summed E-state index contributed by atoms with van der Waals surface area (Å²) in [5, 5.41) is 8.25. The van der Waals surface area contributed by atoms with Crippen LogP contribution >= 0.6 is 0 Å². The number of rotatable bonds is 8. The van der Waals surface area contributed by atoms with Crippen molar-refractivity contribution in [3.8, 4) is 6.07 Å². The van der Waals surface area contributed by atoms with E-state index in [1.807, 2.05) is 6.07 Å². The summed E-state index contributed by atoms with van der Waals surface area (Å²) in [5.74, 6) is 0.248. The van der Waals surface area contributed by atoms with E-state index in [-0.39, 0.29) is 5.78 Å². The Balaban J connectivity index is 3.13. The first-order chi connectivity index (χ1) is 6.31. The van der Waals surface area contributed by atoms with Crippen LogP contribution in [-0.2, 0) is 4.79 Å². The summed E-state index contributed by atoms with van der Waals surface area (Å²) in [5.41, 5.74) is 0. The van der Waals surface area contributed by atoms with Gasteiger partial charge in [0, 0.05) is 19.3 Å². The van der Waals surface area contributed by atoms with E-state index in [9.17, 15) is 4.79 Å². The molecule has 0 rings (SSSR count). The maximum absolute atomic E-state index is 11.1. The summed E-state index contributed by atoms with van der Waals surface area (Å²) < 4.78 is 0. The second-order valence-corrected chi connectivity index (χ2v) is 3.36. The van der Waals surface area contributed by atoms with Crippen molar-refractivity contribution in [3.63, 3.8) is 0 Å². The highest BCUT2D eigenvalue weighted by Gasteiger charge is 2.00. The van der Waals surface area contributed by atoms with Gasteiger partial charge in [-0.1, -0.05) is 32.6 Å². The number of carbonyl (C=O) groups excluding carboxylic acids is 1. The highest BCUT2D eigenvalue weighted by Crippen LogP contribution is 2.06. The monoisotopic (exact) mass is 181 g/mol. The minimum absolute atomic E-state index is 0.248. The van der Waals surface area contributed by atoms with Crippen LogP contribution in [0.3, 0.4) is 0 Å². The van der Waals surface area contributed by atoms with Crippen LogP contribution in [-0.4, -0.2) is 5.78 Å². The summed E-state index contributed by atoms with van der Waals surface area (Å²) in [6.07, 6.45) is 7.41. The molecule has 0 unspecified atom stereocenters. The van der Waals surface area contributed by atoms with Crippen molar-refractivity contribution in [2.24, 2.45) is 0 Å². The predicted octanol–water partition coefficient (Wildman–Crippen LogP) is 3.22. The average molecular weight is 181 g/mol. The molecular weight excluding hydrogens is 162 g/mol. The second-order valence-electron chi connectivity index (χ2n) is 3.36. The molecule has 2 heteroatoms. The summed E-state index contributed by atoms with van der Waals surface area (Å²) in [4.78, 5) is 11.1. The molecule has 0 aliphatic rings. The Morgan fingerprint density at radius 2 is 1.85 bits per heavy atom. The first kappa shape index (κ1) is 12.2. The molecule has 0 aromatic heterocycles. The van der Waals surface area contributed by atoms with Gasteiger partial charge in [-0.25, -0.2) is 0 Å². The predicted molar refractivity (Wildman–Crippen MR) is 53.2 cm³/mol. The SMILES string of the molecule is CCCCCCCC(=O)CCC#N. The van der Waals surface area contributed by atoms with Gasteiger partial charge in [-0.3, -0.25) is 4.79 Å². The summed E-state index contributed by atoms with van der Waals surface area (Å²) in [6, 6.07) is 1.99. The summed E-state index contributed by atoms with van der Waals surface area (Å²) >= 11 is 0. The van der Waals surface area contributed by atoms with Crippen LogP contribution in [0.2, 0.25) is 0 Å². The Bertz CT molecular complexity index is 169. The van der Waals surface area contributed by atoms with E-state index >= 15 is 0 Å². The molecule has 0 heterocycles. The molecule has 0 aliphatic heterocycles. The van der Waals surface area contributed by atoms with Crippen LogP contribution in [0.5, 0.6) is 0 Å². The van der Waals surface area contributed by atoms with Crippen molar-refractivity contribution in [1.82, 2.24) is 0 Å².